The number of halogens is 1. The molecule has 5 nitrogen and oxygen atoms in total. The van der Waals surface area contributed by atoms with E-state index in [0.717, 1.165) is 29.9 Å². The summed E-state index contributed by atoms with van der Waals surface area (Å²) in [4.78, 5) is 0. The highest BCUT2D eigenvalue weighted by molar-refractivity contribution is 7.71. The SMILES string of the molecule is CCCCCOc1ccc(/C=N\n2c(-c3ccc(Cl)cc3)n[nH]c2=S)cc1. The summed E-state index contributed by atoms with van der Waals surface area (Å²) >= 11 is 11.2. The molecule has 3 rings (SSSR count). The van der Waals surface area contributed by atoms with Crippen molar-refractivity contribution < 1.29 is 4.74 Å². The van der Waals surface area contributed by atoms with Crippen LogP contribution < -0.4 is 4.74 Å². The number of H-pyrrole nitrogens is 1. The number of nitrogens with zero attached hydrogens (tertiary/aromatic N) is 3. The minimum atomic E-state index is 0.423. The average Bonchev–Trinajstić information content (AvgIpc) is 3.06. The molecule has 1 heterocycles. The molecule has 3 aromatic rings. The number of unbranched alkanes of at least 4 members (excludes halogenated alkanes) is 2. The lowest BCUT2D eigenvalue weighted by Crippen LogP contribution is -1.97. The molecule has 140 valence electrons. The third kappa shape index (κ3) is 5.28. The van der Waals surface area contributed by atoms with Crippen LogP contribution in [-0.2, 0) is 0 Å². The first kappa shape index (κ1) is 19.3. The van der Waals surface area contributed by atoms with Gasteiger partial charge in [0.2, 0.25) is 4.77 Å². The Balaban J connectivity index is 1.72. The van der Waals surface area contributed by atoms with Gasteiger partial charge in [0.25, 0.3) is 0 Å². The van der Waals surface area contributed by atoms with Gasteiger partial charge in [-0.05, 0) is 72.7 Å². The fourth-order valence-electron chi connectivity index (χ4n) is 2.50. The van der Waals surface area contributed by atoms with Gasteiger partial charge in [0, 0.05) is 10.6 Å². The molecule has 2 aromatic carbocycles. The maximum Gasteiger partial charge on any atom is 0.216 e. The Morgan fingerprint density at radius 1 is 1.15 bits per heavy atom. The first-order valence-electron chi connectivity index (χ1n) is 8.88. The molecule has 1 aromatic heterocycles. The Labute approximate surface area is 168 Å². The van der Waals surface area contributed by atoms with Crippen LogP contribution in [0.3, 0.4) is 0 Å². The molecule has 0 spiro atoms. The van der Waals surface area contributed by atoms with E-state index in [1.807, 2.05) is 48.5 Å². The topological polar surface area (TPSA) is 55.2 Å². The Bertz CT molecular complexity index is 945. The van der Waals surface area contributed by atoms with Crippen molar-refractivity contribution in [1.29, 1.82) is 0 Å². The zero-order valence-corrected chi connectivity index (χ0v) is 16.6. The zero-order chi connectivity index (χ0) is 19.1. The predicted octanol–water partition coefficient (Wildman–Crippen LogP) is 5.71. The molecule has 0 saturated carbocycles. The van der Waals surface area contributed by atoms with E-state index in [1.54, 1.807) is 10.9 Å². The highest BCUT2D eigenvalue weighted by Gasteiger charge is 2.07. The Morgan fingerprint density at radius 2 is 1.89 bits per heavy atom. The van der Waals surface area contributed by atoms with Crippen LogP contribution in [0.25, 0.3) is 11.4 Å². The molecular formula is C20H21ClN4OS. The van der Waals surface area contributed by atoms with Crippen molar-refractivity contribution in [3.8, 4) is 17.1 Å². The van der Waals surface area contributed by atoms with Gasteiger partial charge in [0.05, 0.1) is 12.8 Å². The number of aromatic nitrogens is 3. The maximum atomic E-state index is 5.95. The van der Waals surface area contributed by atoms with Crippen molar-refractivity contribution >= 4 is 30.0 Å². The number of hydrogen-bond acceptors (Lipinski definition) is 4. The van der Waals surface area contributed by atoms with Crippen LogP contribution in [0.4, 0.5) is 0 Å². The quantitative estimate of drug-likeness (QED) is 0.299. The van der Waals surface area contributed by atoms with Gasteiger partial charge in [-0.15, -0.1) is 0 Å². The summed E-state index contributed by atoms with van der Waals surface area (Å²) in [6, 6.07) is 15.2. The van der Waals surface area contributed by atoms with E-state index in [2.05, 4.69) is 22.2 Å². The van der Waals surface area contributed by atoms with Crippen molar-refractivity contribution in [2.75, 3.05) is 6.61 Å². The second-order valence-electron chi connectivity index (χ2n) is 6.04. The molecule has 0 atom stereocenters. The number of rotatable bonds is 8. The van der Waals surface area contributed by atoms with Crippen LogP contribution in [0.5, 0.6) is 5.75 Å². The number of benzene rings is 2. The van der Waals surface area contributed by atoms with E-state index in [0.29, 0.717) is 15.6 Å². The maximum absolute atomic E-state index is 5.95. The highest BCUT2D eigenvalue weighted by atomic mass is 35.5. The van der Waals surface area contributed by atoms with Gasteiger partial charge in [-0.2, -0.15) is 14.9 Å². The molecule has 0 aliphatic rings. The van der Waals surface area contributed by atoms with Crippen molar-refractivity contribution in [3.63, 3.8) is 0 Å². The Morgan fingerprint density at radius 3 is 2.59 bits per heavy atom. The van der Waals surface area contributed by atoms with E-state index in [4.69, 9.17) is 28.6 Å². The lowest BCUT2D eigenvalue weighted by molar-refractivity contribution is 0.306. The summed E-state index contributed by atoms with van der Waals surface area (Å²) in [5.41, 5.74) is 1.82. The minimum Gasteiger partial charge on any atom is -0.494 e. The van der Waals surface area contributed by atoms with Crippen LogP contribution in [0.2, 0.25) is 5.02 Å². The Hall–Kier alpha value is -2.44. The van der Waals surface area contributed by atoms with Crippen LogP contribution in [0, 0.1) is 4.77 Å². The third-order valence-corrected chi connectivity index (χ3v) is 4.49. The largest absolute Gasteiger partial charge is 0.494 e. The average molecular weight is 401 g/mol. The van der Waals surface area contributed by atoms with Gasteiger partial charge in [-0.1, -0.05) is 31.4 Å². The molecule has 0 aliphatic heterocycles. The van der Waals surface area contributed by atoms with Crippen LogP contribution in [0.15, 0.2) is 53.6 Å². The third-order valence-electron chi connectivity index (χ3n) is 3.97. The normalized spacial score (nSPS) is 11.2. The summed E-state index contributed by atoms with van der Waals surface area (Å²) in [6.07, 6.45) is 5.19. The van der Waals surface area contributed by atoms with Crippen molar-refractivity contribution in [3.05, 3.63) is 63.9 Å². The zero-order valence-electron chi connectivity index (χ0n) is 15.1. The lowest BCUT2D eigenvalue weighted by Gasteiger charge is -2.05. The standard InChI is InChI=1S/C20H21ClN4OS/c1-2-3-4-13-26-18-11-5-15(6-12-18)14-22-25-19(23-24-20(25)27)16-7-9-17(21)10-8-16/h5-12,14H,2-4,13H2,1H3,(H,24,27)/b22-14-. The summed E-state index contributed by atoms with van der Waals surface area (Å²) in [6.45, 7) is 2.93. The van der Waals surface area contributed by atoms with Gasteiger partial charge < -0.3 is 4.74 Å². The summed E-state index contributed by atoms with van der Waals surface area (Å²) in [5.74, 6) is 1.49. The minimum absolute atomic E-state index is 0.423. The number of nitrogens with one attached hydrogen (secondary N) is 1. The van der Waals surface area contributed by atoms with Crippen molar-refractivity contribution in [1.82, 2.24) is 14.9 Å². The van der Waals surface area contributed by atoms with E-state index >= 15 is 0 Å². The van der Waals surface area contributed by atoms with Crippen LogP contribution in [0.1, 0.15) is 31.7 Å². The molecule has 0 amide bonds. The van der Waals surface area contributed by atoms with Gasteiger partial charge in [-0.25, -0.2) is 5.10 Å². The molecule has 0 unspecified atom stereocenters. The van der Waals surface area contributed by atoms with E-state index in [9.17, 15) is 0 Å². The van der Waals surface area contributed by atoms with Crippen molar-refractivity contribution in [2.45, 2.75) is 26.2 Å². The smallest absolute Gasteiger partial charge is 0.216 e. The highest BCUT2D eigenvalue weighted by Crippen LogP contribution is 2.20. The monoisotopic (exact) mass is 400 g/mol. The second kappa shape index (κ2) is 9.48. The summed E-state index contributed by atoms with van der Waals surface area (Å²) in [7, 11) is 0. The molecular weight excluding hydrogens is 380 g/mol. The summed E-state index contributed by atoms with van der Waals surface area (Å²) < 4.78 is 7.74. The first-order valence-corrected chi connectivity index (χ1v) is 9.66. The van der Waals surface area contributed by atoms with Crippen LogP contribution >= 0.6 is 23.8 Å². The number of hydrogen-bond donors (Lipinski definition) is 1. The Kier molecular flexibility index (Phi) is 6.79. The molecule has 0 saturated heterocycles. The molecule has 0 fully saturated rings. The predicted molar refractivity (Wildman–Crippen MR) is 112 cm³/mol. The van der Waals surface area contributed by atoms with Crippen LogP contribution in [-0.4, -0.2) is 27.7 Å². The van der Waals surface area contributed by atoms with E-state index < -0.39 is 0 Å². The first-order chi connectivity index (χ1) is 13.2. The molecule has 0 bridgehead atoms. The second-order valence-corrected chi connectivity index (χ2v) is 6.86. The molecule has 0 aliphatic carbocycles. The fourth-order valence-corrected chi connectivity index (χ4v) is 2.81. The van der Waals surface area contributed by atoms with E-state index in [-0.39, 0.29) is 0 Å². The molecule has 7 heteroatoms. The lowest BCUT2D eigenvalue weighted by atomic mass is 10.2. The molecule has 27 heavy (non-hydrogen) atoms. The number of ether oxygens (including phenoxy) is 1. The molecule has 0 radical (unpaired) electrons. The van der Waals surface area contributed by atoms with Gasteiger partial charge >= 0.3 is 0 Å². The van der Waals surface area contributed by atoms with Gasteiger partial charge in [-0.3, -0.25) is 0 Å². The number of aromatic amines is 1. The van der Waals surface area contributed by atoms with Gasteiger partial charge in [0.15, 0.2) is 5.82 Å². The summed E-state index contributed by atoms with van der Waals surface area (Å²) in [5, 5.41) is 12.2. The fraction of sp³-hybridized carbons (Fsp3) is 0.250. The van der Waals surface area contributed by atoms with Crippen molar-refractivity contribution in [2.24, 2.45) is 5.10 Å². The van der Waals surface area contributed by atoms with Gasteiger partial charge in [0.1, 0.15) is 5.75 Å². The van der Waals surface area contributed by atoms with E-state index in [1.165, 1.54) is 12.8 Å². The molecule has 1 N–H and O–H groups in total.